The molecule has 0 atom stereocenters. The molecule has 50 valence electrons. The minimum absolute atomic E-state index is 1.24. The lowest BCUT2D eigenvalue weighted by Crippen LogP contribution is -1.63. The fourth-order valence-corrected chi connectivity index (χ4v) is 0.343. The zero-order valence-electron chi connectivity index (χ0n) is 6.26. The monoisotopic (exact) mass is 123 g/mol. The van der Waals surface area contributed by atoms with Gasteiger partial charge in [-0.3, -0.25) is 4.99 Å². The van der Waals surface area contributed by atoms with Gasteiger partial charge in [-0.25, -0.2) is 0 Å². The van der Waals surface area contributed by atoms with Crippen LogP contribution >= 0.6 is 0 Å². The highest BCUT2D eigenvalue weighted by Crippen LogP contribution is 1.92. The number of rotatable bonds is 2. The van der Waals surface area contributed by atoms with Gasteiger partial charge in [-0.2, -0.15) is 0 Å². The van der Waals surface area contributed by atoms with Crippen molar-refractivity contribution in [2.75, 3.05) is 0 Å². The van der Waals surface area contributed by atoms with Crippen molar-refractivity contribution in [1.82, 2.24) is 0 Å². The molecule has 1 heteroatoms. The minimum Gasteiger partial charge on any atom is -0.269 e. The highest BCUT2D eigenvalue weighted by molar-refractivity contribution is 5.54. The first kappa shape index (κ1) is 8.15. The predicted octanol–water partition coefficient (Wildman–Crippen LogP) is 2.56. The Morgan fingerprint density at radius 1 is 1.33 bits per heavy atom. The molecular formula is C8H13N. The third-order valence-electron chi connectivity index (χ3n) is 1.03. The normalized spacial score (nSPS) is 13.9. The van der Waals surface area contributed by atoms with Crippen LogP contribution < -0.4 is 0 Å². The van der Waals surface area contributed by atoms with Crippen LogP contribution in [-0.2, 0) is 0 Å². The molecule has 0 spiro atoms. The Morgan fingerprint density at radius 3 is 2.44 bits per heavy atom. The van der Waals surface area contributed by atoms with Gasteiger partial charge in [0.1, 0.15) is 0 Å². The Hall–Kier alpha value is -0.850. The molecule has 0 aliphatic rings. The molecule has 0 saturated carbocycles. The van der Waals surface area contributed by atoms with Crippen molar-refractivity contribution in [3.8, 4) is 0 Å². The number of aliphatic imine (C=N–C) groups is 1. The first-order valence-corrected chi connectivity index (χ1v) is 3.08. The summed E-state index contributed by atoms with van der Waals surface area (Å²) in [6.07, 6.45) is 7.57. The molecule has 9 heavy (non-hydrogen) atoms. The molecule has 0 aliphatic carbocycles. The van der Waals surface area contributed by atoms with E-state index in [9.17, 15) is 0 Å². The van der Waals surface area contributed by atoms with Crippen LogP contribution in [0.3, 0.4) is 0 Å². The molecule has 0 heterocycles. The van der Waals surface area contributed by atoms with E-state index in [1.165, 1.54) is 5.57 Å². The van der Waals surface area contributed by atoms with Gasteiger partial charge in [0.25, 0.3) is 0 Å². The molecule has 0 amide bonds. The molecule has 0 aromatic heterocycles. The maximum atomic E-state index is 3.91. The van der Waals surface area contributed by atoms with E-state index < -0.39 is 0 Å². The molecule has 0 N–H and O–H groups in total. The molecule has 0 aromatic carbocycles. The molecule has 0 saturated heterocycles. The summed E-state index contributed by atoms with van der Waals surface area (Å²) < 4.78 is 0. The van der Waals surface area contributed by atoms with Crippen LogP contribution in [-0.4, -0.2) is 6.21 Å². The van der Waals surface area contributed by atoms with Crippen LogP contribution in [0.1, 0.15) is 20.8 Å². The van der Waals surface area contributed by atoms with Crippen LogP contribution in [0.5, 0.6) is 0 Å². The van der Waals surface area contributed by atoms with Crippen molar-refractivity contribution >= 4 is 6.21 Å². The van der Waals surface area contributed by atoms with E-state index >= 15 is 0 Å². The van der Waals surface area contributed by atoms with Gasteiger partial charge >= 0.3 is 0 Å². The SMILES string of the molecule is CC=NC=CC(C)=CC. The van der Waals surface area contributed by atoms with Gasteiger partial charge in [0.15, 0.2) is 0 Å². The van der Waals surface area contributed by atoms with Crippen molar-refractivity contribution in [2.45, 2.75) is 20.8 Å². The molecule has 0 bridgehead atoms. The van der Waals surface area contributed by atoms with Crippen LogP contribution in [0.4, 0.5) is 0 Å². The third-order valence-corrected chi connectivity index (χ3v) is 1.03. The summed E-state index contributed by atoms with van der Waals surface area (Å²) in [5, 5.41) is 0. The summed E-state index contributed by atoms with van der Waals surface area (Å²) in [6.45, 7) is 5.95. The quantitative estimate of drug-likeness (QED) is 0.395. The van der Waals surface area contributed by atoms with E-state index in [1.807, 2.05) is 32.9 Å². The van der Waals surface area contributed by atoms with Gasteiger partial charge < -0.3 is 0 Å². The van der Waals surface area contributed by atoms with Crippen LogP contribution in [0, 0.1) is 0 Å². The molecule has 1 nitrogen and oxygen atoms in total. The third kappa shape index (κ3) is 5.01. The van der Waals surface area contributed by atoms with Gasteiger partial charge in [0.2, 0.25) is 0 Å². The van der Waals surface area contributed by atoms with Crippen molar-refractivity contribution < 1.29 is 0 Å². The predicted molar refractivity (Wildman–Crippen MR) is 42.7 cm³/mol. The highest BCUT2D eigenvalue weighted by Gasteiger charge is 1.72. The van der Waals surface area contributed by atoms with Crippen LogP contribution in [0.2, 0.25) is 0 Å². The van der Waals surface area contributed by atoms with Gasteiger partial charge in [0.05, 0.1) is 0 Å². The fourth-order valence-electron chi connectivity index (χ4n) is 0.343. The fraction of sp³-hybridized carbons (Fsp3) is 0.375. The number of hydrogen-bond donors (Lipinski definition) is 0. The highest BCUT2D eigenvalue weighted by atomic mass is 14.6. The van der Waals surface area contributed by atoms with Crippen molar-refractivity contribution in [3.05, 3.63) is 23.9 Å². The van der Waals surface area contributed by atoms with E-state index in [4.69, 9.17) is 0 Å². The second-order valence-corrected chi connectivity index (χ2v) is 1.76. The first-order chi connectivity index (χ1) is 4.31. The molecule has 0 aliphatic heterocycles. The second-order valence-electron chi connectivity index (χ2n) is 1.76. The molecular weight excluding hydrogens is 110 g/mol. The average Bonchev–Trinajstić information content (AvgIpc) is 1.89. The lowest BCUT2D eigenvalue weighted by Gasteiger charge is -1.82. The topological polar surface area (TPSA) is 12.4 Å². The van der Waals surface area contributed by atoms with E-state index in [0.29, 0.717) is 0 Å². The number of nitrogens with zero attached hydrogens (tertiary/aromatic N) is 1. The summed E-state index contributed by atoms with van der Waals surface area (Å²) in [7, 11) is 0. The first-order valence-electron chi connectivity index (χ1n) is 3.08. The van der Waals surface area contributed by atoms with Crippen LogP contribution in [0.15, 0.2) is 28.9 Å². The average molecular weight is 123 g/mol. The van der Waals surface area contributed by atoms with Crippen molar-refractivity contribution in [2.24, 2.45) is 4.99 Å². The van der Waals surface area contributed by atoms with Gasteiger partial charge in [0, 0.05) is 12.4 Å². The van der Waals surface area contributed by atoms with E-state index in [-0.39, 0.29) is 0 Å². The summed E-state index contributed by atoms with van der Waals surface area (Å²) >= 11 is 0. The van der Waals surface area contributed by atoms with Gasteiger partial charge in [-0.1, -0.05) is 11.6 Å². The number of hydrogen-bond acceptors (Lipinski definition) is 1. The Balaban J connectivity index is 3.71. The zero-order chi connectivity index (χ0) is 7.11. The smallest absolute Gasteiger partial charge is 0.0266 e. The summed E-state index contributed by atoms with van der Waals surface area (Å²) in [4.78, 5) is 3.91. The number of allylic oxidation sites excluding steroid dienone is 3. The summed E-state index contributed by atoms with van der Waals surface area (Å²) in [6, 6.07) is 0. The molecule has 0 unspecified atom stereocenters. The lowest BCUT2D eigenvalue weighted by atomic mass is 10.3. The minimum atomic E-state index is 1.24. The van der Waals surface area contributed by atoms with E-state index in [2.05, 4.69) is 4.99 Å². The summed E-state index contributed by atoms with van der Waals surface area (Å²) in [5.41, 5.74) is 1.24. The lowest BCUT2D eigenvalue weighted by molar-refractivity contribution is 1.44. The largest absolute Gasteiger partial charge is 0.269 e. The Labute approximate surface area is 56.8 Å². The Morgan fingerprint density at radius 2 is 2.00 bits per heavy atom. The summed E-state index contributed by atoms with van der Waals surface area (Å²) in [5.74, 6) is 0. The van der Waals surface area contributed by atoms with Gasteiger partial charge in [-0.05, 0) is 26.8 Å². The standard InChI is InChI=1S/C8H13N/c1-4-8(3)6-7-9-5-2/h4-7H,1-3H3. The second kappa shape index (κ2) is 5.29. The molecule has 0 aromatic rings. The van der Waals surface area contributed by atoms with E-state index in [1.54, 1.807) is 12.4 Å². The Bertz CT molecular complexity index is 141. The Kier molecular flexibility index (Phi) is 4.79. The molecule has 0 fully saturated rings. The molecule has 0 radical (unpaired) electrons. The van der Waals surface area contributed by atoms with Crippen molar-refractivity contribution in [3.63, 3.8) is 0 Å². The maximum absolute atomic E-state index is 3.91. The zero-order valence-corrected chi connectivity index (χ0v) is 6.26. The van der Waals surface area contributed by atoms with E-state index in [0.717, 1.165) is 0 Å². The maximum Gasteiger partial charge on any atom is 0.0266 e. The van der Waals surface area contributed by atoms with Gasteiger partial charge in [-0.15, -0.1) is 0 Å². The molecule has 0 rings (SSSR count). The van der Waals surface area contributed by atoms with Crippen LogP contribution in [0.25, 0.3) is 0 Å². The van der Waals surface area contributed by atoms with Crippen molar-refractivity contribution in [1.29, 1.82) is 0 Å².